The van der Waals surface area contributed by atoms with Crippen LogP contribution in [0.2, 0.25) is 0 Å². The number of rotatable bonds is 4. The number of nitrogens with zero attached hydrogens (tertiary/aromatic N) is 6. The minimum absolute atomic E-state index is 0.526. The molecule has 2 N–H and O–H groups in total. The van der Waals surface area contributed by atoms with Crippen molar-refractivity contribution in [3.8, 4) is 0 Å². The van der Waals surface area contributed by atoms with Gasteiger partial charge in [-0.15, -0.1) is 10.2 Å². The van der Waals surface area contributed by atoms with Gasteiger partial charge in [0.1, 0.15) is 18.2 Å². The van der Waals surface area contributed by atoms with Crippen molar-refractivity contribution in [1.82, 2.24) is 34.7 Å². The Morgan fingerprint density at radius 2 is 2.09 bits per heavy atom. The van der Waals surface area contributed by atoms with Crippen LogP contribution < -0.4 is 5.32 Å². The summed E-state index contributed by atoms with van der Waals surface area (Å²) in [6.07, 6.45) is 11.3. The summed E-state index contributed by atoms with van der Waals surface area (Å²) in [6.45, 7) is 0.585. The summed E-state index contributed by atoms with van der Waals surface area (Å²) in [5.74, 6) is 1.68. The molecule has 1 fully saturated rings. The van der Waals surface area contributed by atoms with Crippen molar-refractivity contribution in [2.24, 2.45) is 0 Å². The van der Waals surface area contributed by atoms with Crippen molar-refractivity contribution < 1.29 is 0 Å². The molecule has 0 atom stereocenters. The Balaban J connectivity index is 1.52. The van der Waals surface area contributed by atoms with Crippen LogP contribution in [0.3, 0.4) is 0 Å². The highest BCUT2D eigenvalue weighted by Gasteiger charge is 2.18. The zero-order valence-electron chi connectivity index (χ0n) is 12.2. The van der Waals surface area contributed by atoms with Crippen LogP contribution in [0.5, 0.6) is 0 Å². The summed E-state index contributed by atoms with van der Waals surface area (Å²) >= 11 is 0. The SMILES string of the molecule is c1nc(NCc2nncn2C2CCCCC2)c2[nH]cnc2n1. The lowest BCUT2D eigenvalue weighted by Crippen LogP contribution is -2.17. The molecule has 8 nitrogen and oxygen atoms in total. The summed E-state index contributed by atoms with van der Waals surface area (Å²) in [5.41, 5.74) is 1.47. The van der Waals surface area contributed by atoms with E-state index in [4.69, 9.17) is 0 Å². The van der Waals surface area contributed by atoms with E-state index in [1.807, 2.05) is 6.33 Å². The predicted octanol–water partition coefficient (Wildman–Crippen LogP) is 2.06. The number of nitrogens with one attached hydrogen (secondary N) is 2. The Bertz CT molecular complexity index is 755. The lowest BCUT2D eigenvalue weighted by molar-refractivity contribution is 0.346. The number of aromatic amines is 1. The van der Waals surface area contributed by atoms with E-state index >= 15 is 0 Å². The monoisotopic (exact) mass is 298 g/mol. The molecule has 0 bridgehead atoms. The molecular formula is C14H18N8. The number of anilines is 1. The van der Waals surface area contributed by atoms with E-state index in [0.717, 1.165) is 17.2 Å². The normalized spacial score (nSPS) is 16.2. The van der Waals surface area contributed by atoms with Crippen LogP contribution in [0.25, 0.3) is 11.2 Å². The predicted molar refractivity (Wildman–Crippen MR) is 81.2 cm³/mol. The summed E-state index contributed by atoms with van der Waals surface area (Å²) in [7, 11) is 0. The molecule has 4 rings (SSSR count). The summed E-state index contributed by atoms with van der Waals surface area (Å²) < 4.78 is 2.21. The maximum absolute atomic E-state index is 4.27. The van der Waals surface area contributed by atoms with E-state index in [1.165, 1.54) is 38.4 Å². The van der Waals surface area contributed by atoms with Gasteiger partial charge in [0.2, 0.25) is 0 Å². The average Bonchev–Trinajstić information content (AvgIpc) is 3.23. The third-order valence-corrected chi connectivity index (χ3v) is 4.25. The van der Waals surface area contributed by atoms with E-state index in [9.17, 15) is 0 Å². The number of aromatic nitrogens is 7. The number of fused-ring (bicyclic) bond motifs is 1. The molecule has 0 amide bonds. The van der Waals surface area contributed by atoms with E-state index in [-0.39, 0.29) is 0 Å². The Hall–Kier alpha value is -2.51. The van der Waals surface area contributed by atoms with Crippen molar-refractivity contribution in [3.05, 3.63) is 24.8 Å². The minimum atomic E-state index is 0.526. The standard InChI is InChI=1S/C14H18N8/c1-2-4-10(5-3-1)22-9-20-21-11(22)6-15-13-12-14(17-7-16-12)19-8-18-13/h7-10H,1-6H2,(H2,15,16,17,18,19). The Morgan fingerprint density at radius 1 is 1.18 bits per heavy atom. The zero-order chi connectivity index (χ0) is 14.8. The van der Waals surface area contributed by atoms with Crippen molar-refractivity contribution in [1.29, 1.82) is 0 Å². The van der Waals surface area contributed by atoms with Gasteiger partial charge < -0.3 is 14.9 Å². The van der Waals surface area contributed by atoms with Gasteiger partial charge in [-0.1, -0.05) is 19.3 Å². The van der Waals surface area contributed by atoms with E-state index < -0.39 is 0 Å². The third-order valence-electron chi connectivity index (χ3n) is 4.25. The van der Waals surface area contributed by atoms with Crippen LogP contribution in [0.4, 0.5) is 5.82 Å². The van der Waals surface area contributed by atoms with Crippen molar-refractivity contribution in [2.45, 2.75) is 44.7 Å². The van der Waals surface area contributed by atoms with Crippen molar-refractivity contribution >= 4 is 17.0 Å². The maximum Gasteiger partial charge on any atom is 0.182 e. The second-order valence-corrected chi connectivity index (χ2v) is 5.62. The van der Waals surface area contributed by atoms with E-state index in [0.29, 0.717) is 18.2 Å². The van der Waals surface area contributed by atoms with Gasteiger partial charge in [-0.05, 0) is 12.8 Å². The molecule has 1 saturated carbocycles. The fourth-order valence-corrected chi connectivity index (χ4v) is 3.12. The van der Waals surface area contributed by atoms with E-state index in [1.54, 1.807) is 6.33 Å². The number of imidazole rings is 1. The highest BCUT2D eigenvalue weighted by atomic mass is 15.3. The molecule has 3 heterocycles. The largest absolute Gasteiger partial charge is 0.361 e. The Kier molecular flexibility index (Phi) is 3.42. The first kappa shape index (κ1) is 13.2. The van der Waals surface area contributed by atoms with Gasteiger partial charge in [0, 0.05) is 6.04 Å². The maximum atomic E-state index is 4.27. The Labute approximate surface area is 127 Å². The third kappa shape index (κ3) is 2.40. The molecule has 1 aliphatic carbocycles. The lowest BCUT2D eigenvalue weighted by Gasteiger charge is -2.24. The van der Waals surface area contributed by atoms with Crippen LogP contribution in [0.15, 0.2) is 19.0 Å². The molecule has 0 radical (unpaired) electrons. The second kappa shape index (κ2) is 5.70. The number of hydrogen-bond donors (Lipinski definition) is 2. The van der Waals surface area contributed by atoms with E-state index in [2.05, 4.69) is 40.0 Å². The highest BCUT2D eigenvalue weighted by Crippen LogP contribution is 2.28. The highest BCUT2D eigenvalue weighted by molar-refractivity contribution is 5.81. The van der Waals surface area contributed by atoms with Crippen LogP contribution in [0.1, 0.15) is 44.0 Å². The summed E-state index contributed by atoms with van der Waals surface area (Å²) in [6, 6.07) is 0.526. The smallest absolute Gasteiger partial charge is 0.182 e. The molecule has 0 spiro atoms. The zero-order valence-corrected chi connectivity index (χ0v) is 12.2. The van der Waals surface area contributed by atoms with Crippen LogP contribution in [0, 0.1) is 0 Å². The van der Waals surface area contributed by atoms with Crippen molar-refractivity contribution in [2.75, 3.05) is 5.32 Å². The molecule has 22 heavy (non-hydrogen) atoms. The quantitative estimate of drug-likeness (QED) is 0.765. The molecular weight excluding hydrogens is 280 g/mol. The number of H-pyrrole nitrogens is 1. The lowest BCUT2D eigenvalue weighted by atomic mass is 9.95. The molecule has 3 aromatic rings. The van der Waals surface area contributed by atoms with Crippen LogP contribution >= 0.6 is 0 Å². The van der Waals surface area contributed by atoms with Gasteiger partial charge in [-0.2, -0.15) is 0 Å². The molecule has 0 saturated heterocycles. The van der Waals surface area contributed by atoms with Crippen LogP contribution in [-0.4, -0.2) is 34.7 Å². The minimum Gasteiger partial charge on any atom is -0.361 e. The van der Waals surface area contributed by atoms with Gasteiger partial charge in [-0.25, -0.2) is 15.0 Å². The van der Waals surface area contributed by atoms with Gasteiger partial charge in [0.15, 0.2) is 17.3 Å². The van der Waals surface area contributed by atoms with Gasteiger partial charge >= 0.3 is 0 Å². The molecule has 1 aliphatic rings. The molecule has 0 aromatic carbocycles. The summed E-state index contributed by atoms with van der Waals surface area (Å²) in [5, 5.41) is 11.6. The molecule has 0 unspecified atom stereocenters. The van der Waals surface area contributed by atoms with Gasteiger partial charge in [-0.3, -0.25) is 0 Å². The first-order chi connectivity index (χ1) is 10.9. The van der Waals surface area contributed by atoms with Gasteiger partial charge in [0.05, 0.1) is 12.9 Å². The fourth-order valence-electron chi connectivity index (χ4n) is 3.12. The summed E-state index contributed by atoms with van der Waals surface area (Å²) in [4.78, 5) is 15.6. The first-order valence-corrected chi connectivity index (χ1v) is 7.68. The second-order valence-electron chi connectivity index (χ2n) is 5.62. The van der Waals surface area contributed by atoms with Crippen LogP contribution in [-0.2, 0) is 6.54 Å². The van der Waals surface area contributed by atoms with Gasteiger partial charge in [0.25, 0.3) is 0 Å². The molecule has 3 aromatic heterocycles. The molecule has 0 aliphatic heterocycles. The fraction of sp³-hybridized carbons (Fsp3) is 0.500. The topological polar surface area (TPSA) is 97.2 Å². The Morgan fingerprint density at radius 3 is 3.00 bits per heavy atom. The average molecular weight is 298 g/mol. The number of hydrogen-bond acceptors (Lipinski definition) is 6. The first-order valence-electron chi connectivity index (χ1n) is 7.68. The van der Waals surface area contributed by atoms with Crippen molar-refractivity contribution in [3.63, 3.8) is 0 Å². The molecule has 114 valence electrons. The molecule has 8 heteroatoms.